The molecule has 2 rings (SSSR count). The summed E-state index contributed by atoms with van der Waals surface area (Å²) >= 11 is 0. The smallest absolute Gasteiger partial charge is 0.236 e. The van der Waals surface area contributed by atoms with Crippen molar-refractivity contribution in [2.24, 2.45) is 17.6 Å². The molecule has 0 aliphatic carbocycles. The van der Waals surface area contributed by atoms with Crippen LogP contribution in [0.4, 0.5) is 0 Å². The molecule has 0 aromatic heterocycles. The molecule has 88 valence electrons. The summed E-state index contributed by atoms with van der Waals surface area (Å²) < 4.78 is 0. The summed E-state index contributed by atoms with van der Waals surface area (Å²) in [5.74, 6) is -1.05. The molecule has 2 heterocycles. The lowest BCUT2D eigenvalue weighted by molar-refractivity contribution is -0.138. The number of hydrogen-bond acceptors (Lipinski definition) is 4. The van der Waals surface area contributed by atoms with Gasteiger partial charge in [0, 0.05) is 20.1 Å². The maximum atomic E-state index is 11.7. The molecule has 2 saturated heterocycles. The molecule has 6 heteroatoms. The van der Waals surface area contributed by atoms with Gasteiger partial charge in [0.1, 0.15) is 0 Å². The van der Waals surface area contributed by atoms with Crippen LogP contribution < -0.4 is 5.73 Å². The number of fused-ring (bicyclic) bond motifs is 1. The first kappa shape index (κ1) is 11.1. The lowest BCUT2D eigenvalue weighted by atomic mass is 9.88. The summed E-state index contributed by atoms with van der Waals surface area (Å²) in [5, 5.41) is 0. The Hall–Kier alpha value is -1.43. The number of nitrogens with zero attached hydrogens (tertiary/aromatic N) is 2. The third-order valence-electron chi connectivity index (χ3n) is 3.44. The topological polar surface area (TPSA) is 83.7 Å². The predicted molar refractivity (Wildman–Crippen MR) is 55.0 cm³/mol. The van der Waals surface area contributed by atoms with Crippen LogP contribution in [-0.4, -0.2) is 54.2 Å². The average molecular weight is 225 g/mol. The van der Waals surface area contributed by atoms with E-state index in [0.717, 1.165) is 0 Å². The van der Waals surface area contributed by atoms with Crippen LogP contribution in [0.1, 0.15) is 6.42 Å². The molecule has 2 aliphatic heterocycles. The molecule has 0 aromatic rings. The van der Waals surface area contributed by atoms with Crippen LogP contribution in [0.2, 0.25) is 0 Å². The normalized spacial score (nSPS) is 29.6. The summed E-state index contributed by atoms with van der Waals surface area (Å²) in [4.78, 5) is 37.6. The Labute approximate surface area is 93.4 Å². The highest BCUT2D eigenvalue weighted by Gasteiger charge is 2.48. The van der Waals surface area contributed by atoms with Crippen LogP contribution in [-0.2, 0) is 14.4 Å². The van der Waals surface area contributed by atoms with E-state index in [1.54, 1.807) is 4.90 Å². The van der Waals surface area contributed by atoms with Crippen LogP contribution in [0.5, 0.6) is 0 Å². The molecule has 0 spiro atoms. The molecule has 2 fully saturated rings. The second-order valence-corrected chi connectivity index (χ2v) is 4.28. The van der Waals surface area contributed by atoms with E-state index in [9.17, 15) is 14.4 Å². The Morgan fingerprint density at radius 2 is 2.00 bits per heavy atom. The Balaban J connectivity index is 2.13. The van der Waals surface area contributed by atoms with E-state index in [-0.39, 0.29) is 36.1 Å². The number of likely N-dealkylation sites (tertiary alicyclic amines) is 2. The van der Waals surface area contributed by atoms with Gasteiger partial charge in [-0.2, -0.15) is 0 Å². The lowest BCUT2D eigenvalue weighted by Crippen LogP contribution is -2.47. The summed E-state index contributed by atoms with van der Waals surface area (Å²) in [6.45, 7) is 0.801. The van der Waals surface area contributed by atoms with Gasteiger partial charge < -0.3 is 10.6 Å². The number of amides is 3. The van der Waals surface area contributed by atoms with Crippen molar-refractivity contribution in [2.45, 2.75) is 6.42 Å². The second kappa shape index (κ2) is 3.86. The molecule has 2 aliphatic rings. The van der Waals surface area contributed by atoms with Gasteiger partial charge in [-0.1, -0.05) is 0 Å². The third-order valence-corrected chi connectivity index (χ3v) is 3.44. The second-order valence-electron chi connectivity index (χ2n) is 4.28. The Morgan fingerprint density at radius 1 is 1.38 bits per heavy atom. The summed E-state index contributed by atoms with van der Waals surface area (Å²) in [6.07, 6.45) is 0.561. The third kappa shape index (κ3) is 1.49. The number of imide groups is 1. The molecule has 0 unspecified atom stereocenters. The van der Waals surface area contributed by atoms with Gasteiger partial charge >= 0.3 is 0 Å². The number of rotatable bonds is 1. The summed E-state index contributed by atoms with van der Waals surface area (Å²) in [6, 6.07) is 0. The van der Waals surface area contributed by atoms with E-state index in [4.69, 9.17) is 5.73 Å². The van der Waals surface area contributed by atoms with Gasteiger partial charge in [-0.05, 0) is 6.42 Å². The minimum atomic E-state index is -0.359. The maximum Gasteiger partial charge on any atom is 0.236 e. The Bertz CT molecular complexity index is 355. The van der Waals surface area contributed by atoms with E-state index in [1.165, 1.54) is 11.9 Å². The highest BCUT2D eigenvalue weighted by molar-refractivity contribution is 6.05. The quantitative estimate of drug-likeness (QED) is 0.545. The largest absolute Gasteiger partial charge is 0.341 e. The van der Waals surface area contributed by atoms with Crippen LogP contribution >= 0.6 is 0 Å². The fourth-order valence-corrected chi connectivity index (χ4v) is 2.46. The first-order chi connectivity index (χ1) is 7.56. The van der Waals surface area contributed by atoms with Crippen LogP contribution in [0.25, 0.3) is 0 Å². The van der Waals surface area contributed by atoms with E-state index in [1.807, 2.05) is 0 Å². The van der Waals surface area contributed by atoms with E-state index in [0.29, 0.717) is 19.5 Å². The van der Waals surface area contributed by atoms with Gasteiger partial charge in [0.25, 0.3) is 0 Å². The first-order valence-electron chi connectivity index (χ1n) is 5.35. The van der Waals surface area contributed by atoms with Crippen molar-refractivity contribution in [1.82, 2.24) is 9.80 Å². The highest BCUT2D eigenvalue weighted by atomic mass is 16.2. The molecule has 0 saturated carbocycles. The fraction of sp³-hybridized carbons (Fsp3) is 0.700. The van der Waals surface area contributed by atoms with Crippen molar-refractivity contribution in [3.05, 3.63) is 0 Å². The molecule has 2 N–H and O–H groups in total. The zero-order valence-electron chi connectivity index (χ0n) is 9.18. The Kier molecular flexibility index (Phi) is 2.67. The van der Waals surface area contributed by atoms with E-state index < -0.39 is 0 Å². The minimum absolute atomic E-state index is 0.0463. The fourth-order valence-electron chi connectivity index (χ4n) is 2.46. The summed E-state index contributed by atoms with van der Waals surface area (Å²) in [5.41, 5.74) is 5.28. The zero-order valence-corrected chi connectivity index (χ0v) is 9.18. The Morgan fingerprint density at radius 3 is 2.62 bits per heavy atom. The average Bonchev–Trinajstić information content (AvgIpc) is 2.53. The molecule has 0 radical (unpaired) electrons. The van der Waals surface area contributed by atoms with Crippen LogP contribution in [0.3, 0.4) is 0 Å². The molecule has 3 amide bonds. The number of nitrogens with two attached hydrogens (primary N) is 1. The minimum Gasteiger partial charge on any atom is -0.341 e. The van der Waals surface area contributed by atoms with Gasteiger partial charge in [0.2, 0.25) is 17.7 Å². The van der Waals surface area contributed by atoms with Gasteiger partial charge in [0.05, 0.1) is 18.4 Å². The van der Waals surface area contributed by atoms with Crippen molar-refractivity contribution >= 4 is 17.7 Å². The zero-order chi connectivity index (χ0) is 11.9. The number of carbonyl (C=O) groups is 3. The van der Waals surface area contributed by atoms with E-state index >= 15 is 0 Å². The number of piperidine rings is 1. The monoisotopic (exact) mass is 225 g/mol. The molecule has 0 aromatic carbocycles. The summed E-state index contributed by atoms with van der Waals surface area (Å²) in [7, 11) is 1.50. The van der Waals surface area contributed by atoms with Crippen molar-refractivity contribution in [1.29, 1.82) is 0 Å². The van der Waals surface area contributed by atoms with E-state index in [2.05, 4.69) is 0 Å². The number of carbonyl (C=O) groups excluding carboxylic acids is 3. The predicted octanol–water partition coefficient (Wildman–Crippen LogP) is -1.59. The molecule has 0 bridgehead atoms. The van der Waals surface area contributed by atoms with Gasteiger partial charge in [-0.3, -0.25) is 19.3 Å². The number of hydrogen-bond donors (Lipinski definition) is 1. The van der Waals surface area contributed by atoms with Crippen molar-refractivity contribution in [3.8, 4) is 0 Å². The molecule has 6 nitrogen and oxygen atoms in total. The molecule has 2 atom stereocenters. The van der Waals surface area contributed by atoms with Crippen LogP contribution in [0, 0.1) is 11.8 Å². The molecule has 16 heavy (non-hydrogen) atoms. The molecular weight excluding hydrogens is 210 g/mol. The standard InChI is InChI=1S/C10H15N3O3/c1-12-9(15)6-2-3-13(8(14)4-11)5-7(6)10(12)16/h6-7H,2-5,11H2,1H3/t6-,7+/m0/s1. The first-order valence-corrected chi connectivity index (χ1v) is 5.35. The molecular formula is C10H15N3O3. The van der Waals surface area contributed by atoms with Gasteiger partial charge in [0.15, 0.2) is 0 Å². The lowest BCUT2D eigenvalue weighted by Gasteiger charge is -2.32. The van der Waals surface area contributed by atoms with Gasteiger partial charge in [-0.25, -0.2) is 0 Å². The highest BCUT2D eigenvalue weighted by Crippen LogP contribution is 2.32. The van der Waals surface area contributed by atoms with Crippen molar-refractivity contribution < 1.29 is 14.4 Å². The van der Waals surface area contributed by atoms with Crippen LogP contribution in [0.15, 0.2) is 0 Å². The van der Waals surface area contributed by atoms with Crippen molar-refractivity contribution in [2.75, 3.05) is 26.7 Å². The SMILES string of the molecule is CN1C(=O)[C@H]2CCN(C(=O)CN)C[C@H]2C1=O. The van der Waals surface area contributed by atoms with Gasteiger partial charge in [-0.15, -0.1) is 0 Å². The van der Waals surface area contributed by atoms with Crippen molar-refractivity contribution in [3.63, 3.8) is 0 Å². The maximum absolute atomic E-state index is 11.7.